The fourth-order valence-corrected chi connectivity index (χ4v) is 3.82. The Morgan fingerprint density at radius 2 is 1.84 bits per heavy atom. The second-order valence-corrected chi connectivity index (χ2v) is 7.94. The summed E-state index contributed by atoms with van der Waals surface area (Å²) < 4.78 is 52.9. The topological polar surface area (TPSA) is 62.7 Å². The smallest absolute Gasteiger partial charge is 0.359 e. The van der Waals surface area contributed by atoms with E-state index >= 15 is 0 Å². The first-order valence-electron chi connectivity index (χ1n) is 10.1. The van der Waals surface area contributed by atoms with Gasteiger partial charge >= 0.3 is 6.18 Å². The van der Waals surface area contributed by atoms with E-state index in [1.54, 1.807) is 18.6 Å². The number of rotatable bonds is 4. The van der Waals surface area contributed by atoms with Gasteiger partial charge in [0.15, 0.2) is 0 Å². The van der Waals surface area contributed by atoms with Crippen molar-refractivity contribution in [3.8, 4) is 16.8 Å². The van der Waals surface area contributed by atoms with Gasteiger partial charge in [0.1, 0.15) is 6.17 Å². The van der Waals surface area contributed by atoms with E-state index in [1.165, 1.54) is 16.8 Å². The van der Waals surface area contributed by atoms with E-state index in [4.69, 9.17) is 0 Å². The van der Waals surface area contributed by atoms with E-state index < -0.39 is 17.9 Å². The van der Waals surface area contributed by atoms with Gasteiger partial charge in [-0.25, -0.2) is 9.07 Å². The number of alkyl halides is 4. The van der Waals surface area contributed by atoms with Gasteiger partial charge < -0.3 is 10.3 Å². The molecule has 0 spiro atoms. The summed E-state index contributed by atoms with van der Waals surface area (Å²) in [6.07, 6.45) is 0.263. The lowest BCUT2D eigenvalue weighted by atomic mass is 9.83. The van der Waals surface area contributed by atoms with Gasteiger partial charge in [0.2, 0.25) is 5.91 Å². The van der Waals surface area contributed by atoms with Crippen molar-refractivity contribution in [2.24, 2.45) is 5.92 Å². The first-order valence-corrected chi connectivity index (χ1v) is 10.1. The molecule has 1 saturated carbocycles. The van der Waals surface area contributed by atoms with Crippen LogP contribution in [0.3, 0.4) is 0 Å². The number of anilines is 1. The van der Waals surface area contributed by atoms with Crippen LogP contribution in [0.25, 0.3) is 27.7 Å². The molecule has 1 amide bonds. The molecule has 164 valence electrons. The number of benzene rings is 2. The molecule has 1 fully saturated rings. The summed E-state index contributed by atoms with van der Waals surface area (Å²) in [6.45, 7) is 0. The van der Waals surface area contributed by atoms with Crippen LogP contribution in [0.2, 0.25) is 0 Å². The first kappa shape index (κ1) is 20.3. The third-order valence-corrected chi connectivity index (χ3v) is 5.77. The fourth-order valence-electron chi connectivity index (χ4n) is 3.82. The molecule has 1 aliphatic carbocycles. The van der Waals surface area contributed by atoms with Crippen molar-refractivity contribution < 1.29 is 22.4 Å². The average Bonchev–Trinajstić information content (AvgIpc) is 3.38. The van der Waals surface area contributed by atoms with Crippen molar-refractivity contribution in [3.63, 3.8) is 0 Å². The molecule has 0 bridgehead atoms. The molecule has 4 aromatic rings. The summed E-state index contributed by atoms with van der Waals surface area (Å²) in [4.78, 5) is 15.4. The number of aromatic amines is 1. The molecule has 0 unspecified atom stereocenters. The second-order valence-electron chi connectivity index (χ2n) is 7.94. The molecule has 2 aromatic carbocycles. The van der Waals surface area contributed by atoms with Gasteiger partial charge in [-0.05, 0) is 54.8 Å². The zero-order chi connectivity index (χ0) is 22.5. The highest BCUT2D eigenvalue weighted by atomic mass is 19.4. The maximum atomic E-state index is 13.1. The number of carbonyl (C=O) groups is 1. The van der Waals surface area contributed by atoms with E-state index in [0.29, 0.717) is 11.4 Å². The Morgan fingerprint density at radius 3 is 2.53 bits per heavy atom. The number of nitrogens with zero attached hydrogens (tertiary/aromatic N) is 2. The minimum atomic E-state index is -4.39. The highest BCUT2D eigenvalue weighted by molar-refractivity contribution is 6.03. The standard InChI is InChI=1S/C23H18F4N4O/c24-17-7-14(8-17)22(32)30-21-11-28-20-6-1-13(9-19(20)21)15-10-29-31(12-15)18-4-2-16(3-5-18)23(25,26)27/h1-6,9-12,14,17,28H,7-8H2,(H,30,32). The molecule has 5 rings (SSSR count). The molecule has 2 heterocycles. The van der Waals surface area contributed by atoms with Gasteiger partial charge in [0.25, 0.3) is 0 Å². The zero-order valence-electron chi connectivity index (χ0n) is 16.7. The Hall–Kier alpha value is -3.62. The van der Waals surface area contributed by atoms with Gasteiger partial charge in [-0.2, -0.15) is 18.3 Å². The average molecular weight is 442 g/mol. The normalized spacial score (nSPS) is 18.5. The lowest BCUT2D eigenvalue weighted by molar-refractivity contribution is -0.137. The minimum absolute atomic E-state index is 0.194. The van der Waals surface area contributed by atoms with Gasteiger partial charge in [-0.3, -0.25) is 4.79 Å². The monoisotopic (exact) mass is 442 g/mol. The number of hydrogen-bond acceptors (Lipinski definition) is 2. The molecule has 1 aliphatic rings. The minimum Gasteiger partial charge on any atom is -0.359 e. The summed E-state index contributed by atoms with van der Waals surface area (Å²) in [5.74, 6) is -0.500. The van der Waals surface area contributed by atoms with Crippen molar-refractivity contribution in [1.82, 2.24) is 14.8 Å². The maximum absolute atomic E-state index is 13.1. The third kappa shape index (κ3) is 3.74. The van der Waals surface area contributed by atoms with Crippen LogP contribution in [-0.4, -0.2) is 26.8 Å². The zero-order valence-corrected chi connectivity index (χ0v) is 16.7. The number of carbonyl (C=O) groups excluding carboxylic acids is 1. The first-order chi connectivity index (χ1) is 15.3. The number of fused-ring (bicyclic) bond motifs is 1. The predicted molar refractivity (Wildman–Crippen MR) is 112 cm³/mol. The Labute approximate surface area is 180 Å². The highest BCUT2D eigenvalue weighted by Gasteiger charge is 2.34. The lowest BCUT2D eigenvalue weighted by Gasteiger charge is -2.28. The molecule has 5 nitrogen and oxygen atoms in total. The number of nitrogens with one attached hydrogen (secondary N) is 2. The van der Waals surface area contributed by atoms with E-state index in [2.05, 4.69) is 15.4 Å². The molecular weight excluding hydrogens is 424 g/mol. The molecule has 32 heavy (non-hydrogen) atoms. The van der Waals surface area contributed by atoms with Crippen LogP contribution >= 0.6 is 0 Å². The van der Waals surface area contributed by atoms with E-state index in [0.717, 1.165) is 34.2 Å². The molecular formula is C23H18F4N4O. The lowest BCUT2D eigenvalue weighted by Crippen LogP contribution is -2.35. The molecule has 2 N–H and O–H groups in total. The second kappa shape index (κ2) is 7.51. The Morgan fingerprint density at radius 1 is 1.09 bits per heavy atom. The number of hydrogen-bond donors (Lipinski definition) is 2. The molecule has 9 heteroatoms. The van der Waals surface area contributed by atoms with E-state index in [-0.39, 0.29) is 24.7 Å². The maximum Gasteiger partial charge on any atom is 0.416 e. The van der Waals surface area contributed by atoms with Crippen LogP contribution in [-0.2, 0) is 11.0 Å². The number of halogens is 4. The predicted octanol–water partition coefficient (Wildman–Crippen LogP) is 5.73. The highest BCUT2D eigenvalue weighted by Crippen LogP contribution is 2.34. The molecule has 0 radical (unpaired) electrons. The summed E-state index contributed by atoms with van der Waals surface area (Å²) in [6, 6.07) is 10.4. The summed E-state index contributed by atoms with van der Waals surface area (Å²) in [5, 5.41) is 7.93. The number of aromatic nitrogens is 3. The van der Waals surface area contributed by atoms with Crippen LogP contribution in [0.5, 0.6) is 0 Å². The van der Waals surface area contributed by atoms with Crippen LogP contribution in [0, 0.1) is 5.92 Å². The van der Waals surface area contributed by atoms with E-state index in [1.807, 2.05) is 18.2 Å². The Kier molecular flexibility index (Phi) is 4.76. The molecule has 2 aromatic heterocycles. The largest absolute Gasteiger partial charge is 0.416 e. The van der Waals surface area contributed by atoms with Crippen LogP contribution in [0.4, 0.5) is 23.2 Å². The quantitative estimate of drug-likeness (QED) is 0.397. The Balaban J connectivity index is 1.39. The van der Waals surface area contributed by atoms with Crippen molar-refractivity contribution in [3.05, 3.63) is 66.6 Å². The summed E-state index contributed by atoms with van der Waals surface area (Å²) in [5.41, 5.74) is 2.83. The summed E-state index contributed by atoms with van der Waals surface area (Å²) >= 11 is 0. The van der Waals surface area contributed by atoms with Crippen LogP contribution in [0.1, 0.15) is 18.4 Å². The van der Waals surface area contributed by atoms with Crippen LogP contribution < -0.4 is 5.32 Å². The van der Waals surface area contributed by atoms with Crippen molar-refractivity contribution in [2.75, 3.05) is 5.32 Å². The van der Waals surface area contributed by atoms with Gasteiger partial charge in [0, 0.05) is 34.8 Å². The molecule has 0 saturated heterocycles. The fraction of sp³-hybridized carbons (Fsp3) is 0.217. The number of amides is 1. The Bertz CT molecular complexity index is 1280. The van der Waals surface area contributed by atoms with E-state index in [9.17, 15) is 22.4 Å². The van der Waals surface area contributed by atoms with Crippen molar-refractivity contribution >= 4 is 22.5 Å². The van der Waals surface area contributed by atoms with Crippen LogP contribution in [0.15, 0.2) is 61.1 Å². The van der Waals surface area contributed by atoms with Gasteiger partial charge in [-0.1, -0.05) is 6.07 Å². The van der Waals surface area contributed by atoms with Crippen molar-refractivity contribution in [2.45, 2.75) is 25.2 Å². The third-order valence-electron chi connectivity index (χ3n) is 5.77. The molecule has 0 aliphatic heterocycles. The SMILES string of the molecule is O=C(Nc1c[nH]c2ccc(-c3cnn(-c4ccc(C(F)(F)F)cc4)c3)cc12)C1CC(F)C1. The summed E-state index contributed by atoms with van der Waals surface area (Å²) in [7, 11) is 0. The molecule has 0 atom stereocenters. The van der Waals surface area contributed by atoms with Gasteiger partial charge in [0.05, 0.1) is 23.1 Å². The van der Waals surface area contributed by atoms with Crippen molar-refractivity contribution in [1.29, 1.82) is 0 Å². The number of H-pyrrole nitrogens is 1. The van der Waals surface area contributed by atoms with Gasteiger partial charge in [-0.15, -0.1) is 0 Å².